The van der Waals surface area contributed by atoms with Crippen LogP contribution in [0, 0.1) is 23.3 Å². The molecule has 0 atom stereocenters. The molecule has 2 N–H and O–H groups in total. The highest BCUT2D eigenvalue weighted by Gasteiger charge is 2.19. The molecular weight excluding hydrogens is 378 g/mol. The number of hydrogen-bond acceptors (Lipinski definition) is 3. The number of hydrogen-bond donors (Lipinski definition) is 2. The van der Waals surface area contributed by atoms with Crippen LogP contribution in [0.2, 0.25) is 0 Å². The van der Waals surface area contributed by atoms with Gasteiger partial charge >= 0.3 is 0 Å². The van der Waals surface area contributed by atoms with E-state index in [2.05, 4.69) is 0 Å². The van der Waals surface area contributed by atoms with Crippen molar-refractivity contribution >= 4 is 34.1 Å². The summed E-state index contributed by atoms with van der Waals surface area (Å²) in [5.41, 5.74) is -1.31. The van der Waals surface area contributed by atoms with E-state index in [9.17, 15) is 30.8 Å². The van der Waals surface area contributed by atoms with E-state index in [1.807, 2.05) is 5.32 Å². The molecule has 0 aliphatic heterocycles. The second-order valence-electron chi connectivity index (χ2n) is 4.32. The Labute approximate surface area is 139 Å². The third-order valence-electron chi connectivity index (χ3n) is 2.72. The molecule has 0 fully saturated rings. The first-order valence-corrected chi connectivity index (χ1v) is 7.26. The molecule has 11 heteroatoms. The summed E-state index contributed by atoms with van der Waals surface area (Å²) in [6, 6.07) is 2.79. The minimum Gasteiger partial charge on any atom is -0.322 e. The Morgan fingerprint density at radius 3 is 2.00 bits per heavy atom. The number of anilines is 1. The lowest BCUT2D eigenvalue weighted by molar-refractivity contribution is 0.102. The zero-order valence-electron chi connectivity index (χ0n) is 11.4. The molecule has 0 aliphatic rings. The van der Waals surface area contributed by atoms with Gasteiger partial charge in [-0.2, -0.15) is 8.42 Å². The van der Waals surface area contributed by atoms with Gasteiger partial charge in [0.1, 0.15) is 5.82 Å². The topological polar surface area (TPSA) is 83.5 Å². The van der Waals surface area contributed by atoms with Crippen LogP contribution in [0.15, 0.2) is 35.2 Å². The molecule has 2 aromatic carbocycles. The molecule has 0 spiro atoms. The first-order valence-electron chi connectivity index (χ1n) is 5.82. The van der Waals surface area contributed by atoms with Gasteiger partial charge in [0.2, 0.25) is 0 Å². The Morgan fingerprint density at radius 2 is 1.50 bits per heavy atom. The summed E-state index contributed by atoms with van der Waals surface area (Å²) in [4.78, 5) is 11.1. The molecule has 2 aromatic rings. The molecule has 5 nitrogen and oxygen atoms in total. The van der Waals surface area contributed by atoms with Crippen molar-refractivity contribution in [3.05, 3.63) is 59.2 Å². The first kappa shape index (κ1) is 19.9. The highest BCUT2D eigenvalue weighted by molar-refractivity contribution is 7.85. The maximum absolute atomic E-state index is 13.6. The predicted octanol–water partition coefficient (Wildman–Crippen LogP) is 3.16. The lowest BCUT2D eigenvalue weighted by atomic mass is 10.2. The van der Waals surface area contributed by atoms with Crippen molar-refractivity contribution in [2.45, 2.75) is 4.90 Å². The fourth-order valence-corrected chi connectivity index (χ4v) is 2.17. The summed E-state index contributed by atoms with van der Waals surface area (Å²) < 4.78 is 83.3. The number of carbonyl (C=O) groups excluding carboxylic acids is 1. The summed E-state index contributed by atoms with van der Waals surface area (Å²) in [5, 5.41) is 1.88. The standard InChI is InChI=1S/C13H7F4NO4S.ClH/c14-9-2-1-7(23(20,21)22)5-8(9)13(19)18-6-3-10(15)12(17)11(16)4-6;/h1-5H,(H,18,19)(H,20,21,22);1H. The predicted molar refractivity (Wildman–Crippen MR) is 77.7 cm³/mol. The van der Waals surface area contributed by atoms with Crippen LogP contribution in [-0.4, -0.2) is 18.9 Å². The summed E-state index contributed by atoms with van der Waals surface area (Å²) in [5.74, 6) is -7.29. The Hall–Kier alpha value is -2.17. The first-order chi connectivity index (χ1) is 10.6. The van der Waals surface area contributed by atoms with Gasteiger partial charge in [0.25, 0.3) is 16.0 Å². The van der Waals surface area contributed by atoms with Crippen LogP contribution >= 0.6 is 12.4 Å². The van der Waals surface area contributed by atoms with E-state index in [1.54, 1.807) is 0 Å². The zero-order chi connectivity index (χ0) is 17.4. The van der Waals surface area contributed by atoms with Crippen LogP contribution in [0.3, 0.4) is 0 Å². The summed E-state index contributed by atoms with van der Waals surface area (Å²) in [7, 11) is -4.68. The van der Waals surface area contributed by atoms with E-state index in [0.717, 1.165) is 6.07 Å². The molecule has 0 unspecified atom stereocenters. The molecule has 0 saturated carbocycles. The molecule has 0 bridgehead atoms. The fraction of sp³-hybridized carbons (Fsp3) is 0. The van der Waals surface area contributed by atoms with Gasteiger partial charge in [0.05, 0.1) is 10.5 Å². The van der Waals surface area contributed by atoms with E-state index in [4.69, 9.17) is 4.55 Å². The highest BCUT2D eigenvalue weighted by Crippen LogP contribution is 2.20. The Morgan fingerprint density at radius 1 is 0.958 bits per heavy atom. The monoisotopic (exact) mass is 385 g/mol. The van der Waals surface area contributed by atoms with E-state index >= 15 is 0 Å². The number of rotatable bonds is 3. The quantitative estimate of drug-likeness (QED) is 0.483. The second kappa shape index (κ2) is 7.16. The van der Waals surface area contributed by atoms with Crippen LogP contribution in [-0.2, 0) is 10.1 Å². The van der Waals surface area contributed by atoms with Crippen molar-refractivity contribution in [3.8, 4) is 0 Å². The lowest BCUT2D eigenvalue weighted by Crippen LogP contribution is -2.15. The fourth-order valence-electron chi connectivity index (χ4n) is 1.66. The number of amides is 1. The van der Waals surface area contributed by atoms with Crippen molar-refractivity contribution in [1.82, 2.24) is 0 Å². The normalized spacial score (nSPS) is 10.9. The molecule has 1 amide bonds. The molecule has 0 aromatic heterocycles. The van der Waals surface area contributed by atoms with Gasteiger partial charge in [-0.3, -0.25) is 9.35 Å². The number of halogens is 5. The van der Waals surface area contributed by atoms with Crippen LogP contribution in [0.4, 0.5) is 23.2 Å². The minimum atomic E-state index is -4.68. The van der Waals surface area contributed by atoms with Crippen molar-refractivity contribution in [2.24, 2.45) is 0 Å². The molecule has 0 saturated heterocycles. The number of carbonyl (C=O) groups is 1. The van der Waals surface area contributed by atoms with Gasteiger partial charge in [-0.05, 0) is 18.2 Å². The van der Waals surface area contributed by atoms with E-state index in [1.165, 1.54) is 0 Å². The summed E-state index contributed by atoms with van der Waals surface area (Å²) >= 11 is 0. The molecule has 0 aliphatic carbocycles. The highest BCUT2D eigenvalue weighted by atomic mass is 35.5. The third kappa shape index (κ3) is 4.22. The second-order valence-corrected chi connectivity index (χ2v) is 5.75. The number of nitrogens with one attached hydrogen (secondary N) is 1. The largest absolute Gasteiger partial charge is 0.322 e. The minimum absolute atomic E-state index is 0. The molecule has 2 rings (SSSR count). The molecular formula is C13H8ClF4NO4S. The van der Waals surface area contributed by atoms with Gasteiger partial charge in [-0.1, -0.05) is 0 Å². The SMILES string of the molecule is Cl.O=C(Nc1cc(F)c(F)c(F)c1)c1cc(S(=O)(=O)O)ccc1F. The number of benzene rings is 2. The van der Waals surface area contributed by atoms with Gasteiger partial charge in [0.15, 0.2) is 17.5 Å². The van der Waals surface area contributed by atoms with Crippen molar-refractivity contribution in [2.75, 3.05) is 5.32 Å². The maximum Gasteiger partial charge on any atom is 0.294 e. The average molecular weight is 386 g/mol. The maximum atomic E-state index is 13.6. The molecule has 0 radical (unpaired) electrons. The smallest absolute Gasteiger partial charge is 0.294 e. The van der Waals surface area contributed by atoms with E-state index in [0.29, 0.717) is 24.3 Å². The van der Waals surface area contributed by atoms with Gasteiger partial charge in [-0.15, -0.1) is 12.4 Å². The van der Waals surface area contributed by atoms with Crippen molar-refractivity contribution in [1.29, 1.82) is 0 Å². The van der Waals surface area contributed by atoms with Gasteiger partial charge in [-0.25, -0.2) is 17.6 Å². The van der Waals surface area contributed by atoms with Crippen LogP contribution < -0.4 is 5.32 Å². The Bertz CT molecular complexity index is 882. The van der Waals surface area contributed by atoms with Crippen molar-refractivity contribution in [3.63, 3.8) is 0 Å². The van der Waals surface area contributed by atoms with Crippen LogP contribution in [0.5, 0.6) is 0 Å². The van der Waals surface area contributed by atoms with E-state index in [-0.39, 0.29) is 12.4 Å². The summed E-state index contributed by atoms with van der Waals surface area (Å²) in [6.07, 6.45) is 0. The summed E-state index contributed by atoms with van der Waals surface area (Å²) in [6.45, 7) is 0. The van der Waals surface area contributed by atoms with Crippen LogP contribution in [0.25, 0.3) is 0 Å². The molecule has 130 valence electrons. The van der Waals surface area contributed by atoms with Gasteiger partial charge < -0.3 is 5.32 Å². The van der Waals surface area contributed by atoms with Crippen LogP contribution in [0.1, 0.15) is 10.4 Å². The van der Waals surface area contributed by atoms with Gasteiger partial charge in [0, 0.05) is 17.8 Å². The molecule has 24 heavy (non-hydrogen) atoms. The van der Waals surface area contributed by atoms with Crippen molar-refractivity contribution < 1.29 is 35.3 Å². The Kier molecular flexibility index (Phi) is 5.93. The molecule has 0 heterocycles. The average Bonchev–Trinajstić information content (AvgIpc) is 2.43. The van der Waals surface area contributed by atoms with E-state index < -0.39 is 55.4 Å². The zero-order valence-corrected chi connectivity index (χ0v) is 13.0. The Balaban J connectivity index is 0.00000288. The lowest BCUT2D eigenvalue weighted by Gasteiger charge is -2.08. The third-order valence-corrected chi connectivity index (χ3v) is 3.57.